The zero-order chi connectivity index (χ0) is 14.1. The van der Waals surface area contributed by atoms with Crippen LogP contribution < -0.4 is 5.32 Å². The number of nitrogens with zero attached hydrogens (tertiary/aromatic N) is 1. The van der Waals surface area contributed by atoms with Gasteiger partial charge in [-0.2, -0.15) is 0 Å². The summed E-state index contributed by atoms with van der Waals surface area (Å²) < 4.78 is 0. The smallest absolute Gasteiger partial charge is 0.239 e. The van der Waals surface area contributed by atoms with Gasteiger partial charge in [-0.25, -0.2) is 0 Å². The lowest BCUT2D eigenvalue weighted by Gasteiger charge is -2.36. The van der Waals surface area contributed by atoms with E-state index in [2.05, 4.69) is 17.4 Å². The summed E-state index contributed by atoms with van der Waals surface area (Å²) >= 11 is 0. The van der Waals surface area contributed by atoms with E-state index < -0.39 is 0 Å². The maximum atomic E-state index is 12.5. The first-order valence-electron chi connectivity index (χ1n) is 7.36. The molecule has 1 aliphatic heterocycles. The molecule has 1 atom stereocenters. The number of fused-ring (bicyclic) bond motifs is 1. The molecule has 0 unspecified atom stereocenters. The van der Waals surface area contributed by atoms with Gasteiger partial charge in [-0.3, -0.25) is 4.79 Å². The molecule has 20 heavy (non-hydrogen) atoms. The van der Waals surface area contributed by atoms with Crippen LogP contribution >= 0.6 is 0 Å². The Morgan fingerprint density at radius 2 is 2.05 bits per heavy atom. The fourth-order valence-electron chi connectivity index (χ4n) is 3.22. The highest BCUT2D eigenvalue weighted by Crippen LogP contribution is 2.28. The number of rotatable bonds is 3. The molecule has 2 aliphatic rings. The third-order valence-corrected chi connectivity index (χ3v) is 4.50. The van der Waals surface area contributed by atoms with Crippen LogP contribution in [0.1, 0.15) is 24.0 Å². The fourth-order valence-corrected chi connectivity index (χ4v) is 3.22. The first-order chi connectivity index (χ1) is 9.63. The molecule has 1 aromatic rings. The number of carbonyl (C=O) groups is 1. The van der Waals surface area contributed by atoms with Gasteiger partial charge < -0.3 is 15.3 Å². The summed E-state index contributed by atoms with van der Waals surface area (Å²) in [7, 11) is 1.87. The van der Waals surface area contributed by atoms with Crippen molar-refractivity contribution in [2.75, 3.05) is 13.6 Å². The van der Waals surface area contributed by atoms with Crippen LogP contribution in [-0.4, -0.2) is 41.7 Å². The number of carbonyl (C=O) groups excluding carboxylic acids is 1. The SMILES string of the molecule is CN(CC1CC(O)C1)C(=O)[C@@H]1Cc2ccccc2CN1. The molecular weight excluding hydrogens is 252 g/mol. The van der Waals surface area contributed by atoms with Gasteiger partial charge in [0.1, 0.15) is 0 Å². The number of hydrogen-bond donors (Lipinski definition) is 2. The van der Waals surface area contributed by atoms with Gasteiger partial charge in [0.15, 0.2) is 0 Å². The number of aliphatic hydroxyl groups is 1. The van der Waals surface area contributed by atoms with Crippen molar-refractivity contribution in [3.8, 4) is 0 Å². The first-order valence-corrected chi connectivity index (χ1v) is 7.36. The highest BCUT2D eigenvalue weighted by Gasteiger charge is 2.31. The minimum Gasteiger partial charge on any atom is -0.393 e. The Kier molecular flexibility index (Phi) is 3.76. The van der Waals surface area contributed by atoms with Gasteiger partial charge in [0.05, 0.1) is 12.1 Å². The number of amides is 1. The van der Waals surface area contributed by atoms with Crippen molar-refractivity contribution in [3.63, 3.8) is 0 Å². The van der Waals surface area contributed by atoms with E-state index in [0.717, 1.165) is 32.4 Å². The molecule has 4 heteroatoms. The molecule has 2 N–H and O–H groups in total. The summed E-state index contributed by atoms with van der Waals surface area (Å²) in [6.45, 7) is 1.53. The van der Waals surface area contributed by atoms with Gasteiger partial charge in [-0.05, 0) is 36.3 Å². The minimum atomic E-state index is -0.150. The van der Waals surface area contributed by atoms with Crippen molar-refractivity contribution < 1.29 is 9.90 Å². The van der Waals surface area contributed by atoms with E-state index in [4.69, 9.17) is 0 Å². The second-order valence-electron chi connectivity index (χ2n) is 6.12. The molecule has 0 radical (unpaired) electrons. The molecule has 1 amide bonds. The van der Waals surface area contributed by atoms with E-state index in [0.29, 0.717) is 5.92 Å². The topological polar surface area (TPSA) is 52.6 Å². The van der Waals surface area contributed by atoms with E-state index >= 15 is 0 Å². The van der Waals surface area contributed by atoms with Crippen LogP contribution in [0.3, 0.4) is 0 Å². The zero-order valence-corrected chi connectivity index (χ0v) is 11.9. The average molecular weight is 274 g/mol. The fraction of sp³-hybridized carbons (Fsp3) is 0.562. The van der Waals surface area contributed by atoms with Crippen LogP contribution in [0.2, 0.25) is 0 Å². The van der Waals surface area contributed by atoms with Crippen LogP contribution in [0.5, 0.6) is 0 Å². The average Bonchev–Trinajstić information content (AvgIpc) is 2.44. The van der Waals surface area contributed by atoms with Crippen molar-refractivity contribution in [1.29, 1.82) is 0 Å². The van der Waals surface area contributed by atoms with E-state index in [1.807, 2.05) is 24.1 Å². The largest absolute Gasteiger partial charge is 0.393 e. The Labute approximate surface area is 119 Å². The number of likely N-dealkylation sites (N-methyl/N-ethyl adjacent to an activating group) is 1. The van der Waals surface area contributed by atoms with Crippen LogP contribution in [-0.2, 0) is 17.8 Å². The molecule has 0 bridgehead atoms. The summed E-state index contributed by atoms with van der Waals surface area (Å²) in [5.74, 6) is 0.635. The predicted molar refractivity (Wildman–Crippen MR) is 77.1 cm³/mol. The van der Waals surface area contributed by atoms with E-state index in [-0.39, 0.29) is 18.1 Å². The molecule has 108 valence electrons. The van der Waals surface area contributed by atoms with Crippen molar-refractivity contribution in [1.82, 2.24) is 10.2 Å². The monoisotopic (exact) mass is 274 g/mol. The lowest BCUT2D eigenvalue weighted by Crippen LogP contribution is -2.50. The normalized spacial score (nSPS) is 28.4. The van der Waals surface area contributed by atoms with E-state index in [1.165, 1.54) is 11.1 Å². The van der Waals surface area contributed by atoms with Crippen LogP contribution in [0.4, 0.5) is 0 Å². The van der Waals surface area contributed by atoms with Gasteiger partial charge in [0, 0.05) is 20.1 Å². The summed E-state index contributed by atoms with van der Waals surface area (Å²) in [6, 6.07) is 8.18. The minimum absolute atomic E-state index is 0.111. The molecule has 1 fully saturated rings. The number of benzene rings is 1. The molecule has 1 heterocycles. The molecule has 1 aromatic carbocycles. The Hall–Kier alpha value is -1.39. The Bertz CT molecular complexity index is 497. The molecule has 0 aromatic heterocycles. The van der Waals surface area contributed by atoms with Gasteiger partial charge in [-0.1, -0.05) is 24.3 Å². The number of nitrogens with one attached hydrogen (secondary N) is 1. The van der Waals surface area contributed by atoms with Crippen LogP contribution in [0.15, 0.2) is 24.3 Å². The van der Waals surface area contributed by atoms with Crippen LogP contribution in [0, 0.1) is 5.92 Å². The molecular formula is C16H22N2O2. The number of aliphatic hydroxyl groups excluding tert-OH is 1. The third kappa shape index (κ3) is 2.72. The van der Waals surface area contributed by atoms with E-state index in [9.17, 15) is 9.90 Å². The van der Waals surface area contributed by atoms with Crippen molar-refractivity contribution in [2.24, 2.45) is 5.92 Å². The summed E-state index contributed by atoms with van der Waals surface area (Å²) in [6.07, 6.45) is 2.28. The summed E-state index contributed by atoms with van der Waals surface area (Å²) in [5.41, 5.74) is 2.57. The second kappa shape index (κ2) is 5.54. The molecule has 1 saturated carbocycles. The highest BCUT2D eigenvalue weighted by molar-refractivity contribution is 5.82. The Morgan fingerprint density at radius 1 is 1.35 bits per heavy atom. The van der Waals surface area contributed by atoms with Gasteiger partial charge in [0.2, 0.25) is 5.91 Å². The van der Waals surface area contributed by atoms with E-state index in [1.54, 1.807) is 0 Å². The lowest BCUT2D eigenvalue weighted by atomic mass is 9.82. The van der Waals surface area contributed by atoms with Crippen molar-refractivity contribution in [2.45, 2.75) is 38.0 Å². The molecule has 0 saturated heterocycles. The Morgan fingerprint density at radius 3 is 2.75 bits per heavy atom. The van der Waals surface area contributed by atoms with Crippen molar-refractivity contribution >= 4 is 5.91 Å². The third-order valence-electron chi connectivity index (χ3n) is 4.50. The second-order valence-corrected chi connectivity index (χ2v) is 6.12. The Balaban J connectivity index is 1.58. The van der Waals surface area contributed by atoms with Gasteiger partial charge in [0.25, 0.3) is 0 Å². The van der Waals surface area contributed by atoms with Crippen LogP contribution in [0.25, 0.3) is 0 Å². The molecule has 1 aliphatic carbocycles. The highest BCUT2D eigenvalue weighted by atomic mass is 16.3. The summed E-state index contributed by atoms with van der Waals surface area (Å²) in [5, 5.41) is 12.6. The van der Waals surface area contributed by atoms with Gasteiger partial charge in [-0.15, -0.1) is 0 Å². The quantitative estimate of drug-likeness (QED) is 0.862. The predicted octanol–water partition coefficient (Wildman–Crippen LogP) is 0.930. The zero-order valence-electron chi connectivity index (χ0n) is 11.9. The molecule has 4 nitrogen and oxygen atoms in total. The standard InChI is InChI=1S/C16H22N2O2/c1-18(10-11-6-14(19)7-11)16(20)15-8-12-4-2-3-5-13(12)9-17-15/h2-5,11,14-15,17,19H,6-10H2,1H3/t11?,14?,15-/m0/s1. The maximum Gasteiger partial charge on any atom is 0.239 e. The lowest BCUT2D eigenvalue weighted by molar-refractivity contribution is -0.134. The van der Waals surface area contributed by atoms with Crippen molar-refractivity contribution in [3.05, 3.63) is 35.4 Å². The number of hydrogen-bond acceptors (Lipinski definition) is 3. The maximum absolute atomic E-state index is 12.5. The molecule has 0 spiro atoms. The first kappa shape index (κ1) is 13.6. The summed E-state index contributed by atoms with van der Waals surface area (Å²) in [4.78, 5) is 14.3. The van der Waals surface area contributed by atoms with Gasteiger partial charge >= 0.3 is 0 Å². The molecule has 3 rings (SSSR count).